The maximum atomic E-state index is 6.91. The molecule has 0 bridgehead atoms. The fourth-order valence-corrected chi connectivity index (χ4v) is 9.42. The lowest BCUT2D eigenvalue weighted by molar-refractivity contribution is 0.359. The molecule has 1 aromatic heterocycles. The lowest BCUT2D eigenvalue weighted by atomic mass is 9.67. The summed E-state index contributed by atoms with van der Waals surface area (Å²) in [5.41, 5.74) is 13.4. The number of aromatic nitrogens is 3. The minimum atomic E-state index is -0.557. The molecule has 0 unspecified atom stereocenters. The summed E-state index contributed by atoms with van der Waals surface area (Å²) in [4.78, 5) is 15.3. The van der Waals surface area contributed by atoms with E-state index in [0.717, 1.165) is 50.1 Å². The molecule has 2 aliphatic rings. The van der Waals surface area contributed by atoms with Crippen LogP contribution < -0.4 is 9.47 Å². The fourth-order valence-electron chi connectivity index (χ4n) is 9.42. The van der Waals surface area contributed by atoms with Gasteiger partial charge in [0.25, 0.3) is 0 Å². The highest BCUT2D eigenvalue weighted by Crippen LogP contribution is 2.60. The summed E-state index contributed by atoms with van der Waals surface area (Å²) in [5.74, 6) is 4.42. The molecule has 12 rings (SSSR count). The molecule has 2 heterocycles. The van der Waals surface area contributed by atoms with Gasteiger partial charge in [-0.2, -0.15) is 0 Å². The van der Waals surface area contributed by atoms with Gasteiger partial charge in [0.15, 0.2) is 40.5 Å². The predicted octanol–water partition coefficient (Wildman–Crippen LogP) is 14.5. The van der Waals surface area contributed by atoms with E-state index in [2.05, 4.69) is 170 Å². The smallest absolute Gasteiger partial charge is 0.170 e. The number of ether oxygens (including phenoxy) is 2. The summed E-state index contributed by atoms with van der Waals surface area (Å²) in [5, 5.41) is 0. The Morgan fingerprint density at radius 3 is 1.49 bits per heavy atom. The zero-order valence-electron chi connectivity index (χ0n) is 34.0. The summed E-state index contributed by atoms with van der Waals surface area (Å²) in [6, 6.07) is 77.8. The summed E-state index contributed by atoms with van der Waals surface area (Å²) >= 11 is 0. The van der Waals surface area contributed by atoms with E-state index in [-0.39, 0.29) is 0 Å². The zero-order valence-corrected chi connectivity index (χ0v) is 34.0. The van der Waals surface area contributed by atoms with Crippen molar-refractivity contribution in [3.63, 3.8) is 0 Å². The first-order valence-corrected chi connectivity index (χ1v) is 21.2. The highest BCUT2D eigenvalue weighted by molar-refractivity contribution is 5.89. The summed E-state index contributed by atoms with van der Waals surface area (Å²) in [6.07, 6.45) is 0. The Bertz CT molecular complexity index is 3300. The number of benzene rings is 9. The van der Waals surface area contributed by atoms with E-state index >= 15 is 0 Å². The molecule has 0 spiro atoms. The van der Waals surface area contributed by atoms with Gasteiger partial charge >= 0.3 is 0 Å². The molecule has 0 radical (unpaired) electrons. The number of hydrogen-bond acceptors (Lipinski definition) is 5. The van der Waals surface area contributed by atoms with Crippen LogP contribution in [-0.4, -0.2) is 15.0 Å². The second-order valence-electron chi connectivity index (χ2n) is 15.9. The molecular weight excluding hydrogens is 771 g/mol. The van der Waals surface area contributed by atoms with Gasteiger partial charge < -0.3 is 9.47 Å². The van der Waals surface area contributed by atoms with Gasteiger partial charge in [-0.3, -0.25) is 0 Å². The second kappa shape index (κ2) is 14.9. The Morgan fingerprint density at radius 2 is 0.778 bits per heavy atom. The van der Waals surface area contributed by atoms with Crippen molar-refractivity contribution in [3.8, 4) is 90.5 Å². The van der Waals surface area contributed by atoms with Crippen LogP contribution in [0.2, 0.25) is 0 Å². The Kier molecular flexibility index (Phi) is 8.64. The van der Waals surface area contributed by atoms with Crippen LogP contribution in [0.25, 0.3) is 67.5 Å². The number of rotatable bonds is 7. The first-order valence-electron chi connectivity index (χ1n) is 21.2. The molecule has 0 saturated heterocycles. The summed E-state index contributed by atoms with van der Waals surface area (Å²) in [6.45, 7) is 0. The topological polar surface area (TPSA) is 57.1 Å². The first kappa shape index (κ1) is 36.4. The van der Waals surface area contributed by atoms with Crippen LogP contribution in [0.15, 0.2) is 224 Å². The van der Waals surface area contributed by atoms with Gasteiger partial charge in [0.05, 0.1) is 5.41 Å². The van der Waals surface area contributed by atoms with Gasteiger partial charge in [-0.1, -0.05) is 194 Å². The van der Waals surface area contributed by atoms with Crippen LogP contribution in [0.1, 0.15) is 22.3 Å². The largest absolute Gasteiger partial charge is 0.449 e. The Morgan fingerprint density at radius 1 is 0.270 bits per heavy atom. The van der Waals surface area contributed by atoms with E-state index in [1.54, 1.807) is 0 Å². The van der Waals surface area contributed by atoms with Crippen molar-refractivity contribution in [1.29, 1.82) is 0 Å². The first-order chi connectivity index (χ1) is 31.2. The van der Waals surface area contributed by atoms with E-state index in [4.69, 9.17) is 24.4 Å². The Labute approximate surface area is 365 Å². The lowest BCUT2D eigenvalue weighted by Crippen LogP contribution is -2.28. The third kappa shape index (κ3) is 6.13. The minimum Gasteiger partial charge on any atom is -0.449 e. The van der Waals surface area contributed by atoms with Crippen LogP contribution in [0.5, 0.6) is 23.0 Å². The van der Waals surface area contributed by atoms with Gasteiger partial charge in [0, 0.05) is 16.7 Å². The standard InChI is InChI=1S/C58H37N3O2/c1-5-18-38(19-6-1)40-22-17-23-42(34-40)56-59-55(39-20-7-2-8-21-39)60-57(61-56)47-30-14-13-28-45(47)41-32-33-51-52(35-41)63-54-37-50-48(36-53(54)62-51)46-29-15-16-31-49(46)58(50,43-24-9-3-10-25-43)44-26-11-4-12-27-44/h1-37H. The fraction of sp³-hybridized carbons (Fsp3) is 0.0172. The second-order valence-corrected chi connectivity index (χ2v) is 15.9. The van der Waals surface area contributed by atoms with Crippen LogP contribution in [0, 0.1) is 0 Å². The average Bonchev–Trinajstić information content (AvgIpc) is 3.65. The van der Waals surface area contributed by atoms with Gasteiger partial charge in [-0.15, -0.1) is 0 Å². The molecule has 296 valence electrons. The Hall–Kier alpha value is -8.41. The van der Waals surface area contributed by atoms with Crippen molar-refractivity contribution in [2.45, 2.75) is 5.41 Å². The SMILES string of the molecule is c1ccc(-c2cccc(-c3nc(-c4ccccc4)nc(-c4ccccc4-c4ccc5c(c4)Oc4cc6c(cc4O5)-c4ccccc4C6(c4ccccc4)c4ccccc4)n3)c2)cc1. The lowest BCUT2D eigenvalue weighted by Gasteiger charge is -2.34. The number of fused-ring (bicyclic) bond motifs is 5. The van der Waals surface area contributed by atoms with E-state index in [1.807, 2.05) is 54.6 Å². The minimum absolute atomic E-state index is 0.557. The van der Waals surface area contributed by atoms with Crippen molar-refractivity contribution in [3.05, 3.63) is 247 Å². The molecular formula is C58H37N3O2. The number of hydrogen-bond donors (Lipinski definition) is 0. The average molecular weight is 808 g/mol. The summed E-state index contributed by atoms with van der Waals surface area (Å²) in [7, 11) is 0. The molecule has 1 aliphatic heterocycles. The van der Waals surface area contributed by atoms with E-state index in [0.29, 0.717) is 40.5 Å². The van der Waals surface area contributed by atoms with Gasteiger partial charge in [-0.25, -0.2) is 15.0 Å². The molecule has 10 aromatic rings. The molecule has 0 amide bonds. The molecule has 5 nitrogen and oxygen atoms in total. The van der Waals surface area contributed by atoms with Crippen LogP contribution in [0.4, 0.5) is 0 Å². The van der Waals surface area contributed by atoms with Crippen LogP contribution in [0.3, 0.4) is 0 Å². The zero-order chi connectivity index (χ0) is 41.7. The quantitative estimate of drug-likeness (QED) is 0.161. The maximum Gasteiger partial charge on any atom is 0.170 e. The molecule has 1 aliphatic carbocycles. The number of nitrogens with zero attached hydrogens (tertiary/aromatic N) is 3. The molecule has 0 fully saturated rings. The van der Waals surface area contributed by atoms with Gasteiger partial charge in [-0.05, 0) is 86.0 Å². The third-order valence-electron chi connectivity index (χ3n) is 12.3. The van der Waals surface area contributed by atoms with Crippen LogP contribution >= 0.6 is 0 Å². The van der Waals surface area contributed by atoms with Crippen molar-refractivity contribution in [2.75, 3.05) is 0 Å². The normalized spacial score (nSPS) is 12.8. The predicted molar refractivity (Wildman–Crippen MR) is 251 cm³/mol. The monoisotopic (exact) mass is 807 g/mol. The Balaban J connectivity index is 0.963. The van der Waals surface area contributed by atoms with Crippen molar-refractivity contribution < 1.29 is 9.47 Å². The molecule has 5 heteroatoms. The molecule has 63 heavy (non-hydrogen) atoms. The third-order valence-corrected chi connectivity index (χ3v) is 12.3. The van der Waals surface area contributed by atoms with Crippen molar-refractivity contribution in [1.82, 2.24) is 15.0 Å². The molecule has 9 aromatic carbocycles. The summed E-state index contributed by atoms with van der Waals surface area (Å²) < 4.78 is 13.6. The van der Waals surface area contributed by atoms with Crippen molar-refractivity contribution >= 4 is 0 Å². The van der Waals surface area contributed by atoms with Gasteiger partial charge in [0.1, 0.15) is 0 Å². The van der Waals surface area contributed by atoms with E-state index in [1.165, 1.54) is 22.3 Å². The van der Waals surface area contributed by atoms with Crippen molar-refractivity contribution in [2.24, 2.45) is 0 Å². The molecule has 0 N–H and O–H groups in total. The molecule has 0 atom stereocenters. The molecule has 0 saturated carbocycles. The van der Waals surface area contributed by atoms with Gasteiger partial charge in [0.2, 0.25) is 0 Å². The van der Waals surface area contributed by atoms with Crippen LogP contribution in [-0.2, 0) is 5.41 Å². The highest BCUT2D eigenvalue weighted by atomic mass is 16.6. The van der Waals surface area contributed by atoms with E-state index in [9.17, 15) is 0 Å². The maximum absolute atomic E-state index is 6.91. The highest BCUT2D eigenvalue weighted by Gasteiger charge is 2.47. The van der Waals surface area contributed by atoms with E-state index < -0.39 is 5.41 Å².